The summed E-state index contributed by atoms with van der Waals surface area (Å²) in [5.41, 5.74) is 14.1. The Balaban J connectivity index is 0.933. The number of ether oxygens (including phenoxy) is 1. The van der Waals surface area contributed by atoms with Crippen molar-refractivity contribution in [2.75, 3.05) is 9.80 Å². The fourth-order valence-corrected chi connectivity index (χ4v) is 9.03. The van der Waals surface area contributed by atoms with Gasteiger partial charge < -0.3 is 19.0 Å². The first-order chi connectivity index (χ1) is 27.8. The summed E-state index contributed by atoms with van der Waals surface area (Å²) < 4.78 is 13.1. The van der Waals surface area contributed by atoms with Crippen molar-refractivity contribution in [1.82, 2.24) is 0 Å². The van der Waals surface area contributed by atoms with E-state index in [9.17, 15) is 0 Å². The van der Waals surface area contributed by atoms with Crippen molar-refractivity contribution in [2.45, 2.75) is 37.5 Å². The van der Waals surface area contributed by atoms with Gasteiger partial charge in [-0.15, -0.1) is 0 Å². The van der Waals surface area contributed by atoms with Gasteiger partial charge in [-0.25, -0.2) is 0 Å². The van der Waals surface area contributed by atoms with Crippen LogP contribution < -0.4 is 14.5 Å². The number of hydrogen-bond acceptors (Lipinski definition) is 4. The van der Waals surface area contributed by atoms with Gasteiger partial charge in [0.05, 0.1) is 11.7 Å². The first-order valence-electron chi connectivity index (χ1n) is 19.7. The van der Waals surface area contributed by atoms with Gasteiger partial charge in [0.1, 0.15) is 17.4 Å². The van der Waals surface area contributed by atoms with Crippen LogP contribution in [0.3, 0.4) is 0 Å². The van der Waals surface area contributed by atoms with E-state index in [0.717, 1.165) is 58.8 Å². The molecule has 7 aromatic rings. The lowest BCUT2D eigenvalue weighted by molar-refractivity contribution is 0.195. The van der Waals surface area contributed by atoms with E-state index in [1.807, 2.05) is 12.1 Å². The maximum Gasteiger partial charge on any atom is 0.183 e. The second-order valence-corrected chi connectivity index (χ2v) is 15.0. The molecule has 0 spiro atoms. The van der Waals surface area contributed by atoms with Crippen LogP contribution in [0.15, 0.2) is 198 Å². The number of fused-ring (bicyclic) bond motifs is 7. The fraction of sp³-hybridized carbons (Fsp3) is 0.115. The average molecular weight is 725 g/mol. The van der Waals surface area contributed by atoms with Gasteiger partial charge in [0.15, 0.2) is 11.9 Å². The molecule has 11 rings (SSSR count). The van der Waals surface area contributed by atoms with Gasteiger partial charge in [0.25, 0.3) is 0 Å². The molecule has 1 aromatic heterocycles. The molecule has 0 bridgehead atoms. The molecule has 0 amide bonds. The third kappa shape index (κ3) is 5.52. The van der Waals surface area contributed by atoms with E-state index in [-0.39, 0.29) is 18.2 Å². The molecule has 4 aliphatic rings. The van der Waals surface area contributed by atoms with Crippen molar-refractivity contribution in [1.29, 1.82) is 0 Å². The minimum Gasteiger partial charge on any atom is -0.479 e. The summed E-state index contributed by atoms with van der Waals surface area (Å²) in [4.78, 5) is 4.94. The number of hydrogen-bond donors (Lipinski definition) is 0. The Bertz CT molecular complexity index is 2700. The van der Waals surface area contributed by atoms with Crippen LogP contribution in [0.4, 0.5) is 17.1 Å². The summed E-state index contributed by atoms with van der Waals surface area (Å²) in [6.45, 7) is 0. The number of allylic oxidation sites excluding steroid dienone is 5. The molecule has 3 unspecified atom stereocenters. The summed E-state index contributed by atoms with van der Waals surface area (Å²) in [5.74, 6) is 1.83. The van der Waals surface area contributed by atoms with E-state index >= 15 is 0 Å². The number of benzene rings is 6. The summed E-state index contributed by atoms with van der Waals surface area (Å²) in [5, 5.41) is 1.12. The predicted octanol–water partition coefficient (Wildman–Crippen LogP) is 13.5. The highest BCUT2D eigenvalue weighted by molar-refractivity contribution is 5.96. The Morgan fingerprint density at radius 1 is 0.571 bits per heavy atom. The highest BCUT2D eigenvalue weighted by Gasteiger charge is 2.51. The molecular weight excluding hydrogens is 685 g/mol. The maximum atomic E-state index is 6.60. The molecule has 3 heterocycles. The fourth-order valence-electron chi connectivity index (χ4n) is 9.03. The van der Waals surface area contributed by atoms with Gasteiger partial charge >= 0.3 is 0 Å². The van der Waals surface area contributed by atoms with Crippen molar-refractivity contribution in [3.63, 3.8) is 0 Å². The lowest BCUT2D eigenvalue weighted by Gasteiger charge is -2.35. The van der Waals surface area contributed by atoms with Crippen molar-refractivity contribution >= 4 is 33.6 Å². The van der Waals surface area contributed by atoms with Crippen molar-refractivity contribution in [2.24, 2.45) is 0 Å². The number of rotatable bonds is 7. The molecule has 2 aliphatic heterocycles. The second-order valence-electron chi connectivity index (χ2n) is 15.0. The third-order valence-electron chi connectivity index (χ3n) is 11.8. The van der Waals surface area contributed by atoms with Gasteiger partial charge in [-0.2, -0.15) is 0 Å². The predicted molar refractivity (Wildman–Crippen MR) is 229 cm³/mol. The molecule has 2 aliphatic carbocycles. The van der Waals surface area contributed by atoms with Crippen LogP contribution in [-0.4, -0.2) is 6.04 Å². The number of furan rings is 1. The van der Waals surface area contributed by atoms with E-state index in [1.165, 1.54) is 44.7 Å². The van der Waals surface area contributed by atoms with E-state index in [1.54, 1.807) is 0 Å². The Morgan fingerprint density at radius 3 is 1.91 bits per heavy atom. The van der Waals surface area contributed by atoms with Gasteiger partial charge in [0.2, 0.25) is 0 Å². The van der Waals surface area contributed by atoms with E-state index < -0.39 is 0 Å². The first kappa shape index (κ1) is 32.6. The molecule has 56 heavy (non-hydrogen) atoms. The van der Waals surface area contributed by atoms with Gasteiger partial charge in [-0.1, -0.05) is 140 Å². The largest absolute Gasteiger partial charge is 0.479 e. The zero-order chi connectivity index (χ0) is 37.0. The highest BCUT2D eigenvalue weighted by Crippen LogP contribution is 2.60. The number of nitrogens with zero attached hydrogens (tertiary/aromatic N) is 2. The molecule has 4 heteroatoms. The van der Waals surface area contributed by atoms with Crippen molar-refractivity contribution in [3.8, 4) is 28.0 Å². The lowest BCUT2D eigenvalue weighted by atomic mass is 9.96. The summed E-state index contributed by atoms with van der Waals surface area (Å²) in [6.07, 6.45) is 16.8. The standard InChI is InChI=1S/C52H40N2O2/c1-3-11-35(12-4-1)37-19-21-38(22-20-37)40-25-29-42(30-26-40)53(41-27-23-39(24-28-41)36-13-5-2-6-14-36)43-31-33-44(34-32-43)54-49-45-15-7-9-17-47(45)55-51(49)52-50(54)46-16-8-10-18-48(46)56-52/h2-3,5-31,33-34,43,49,51H,1,4,32H2. The van der Waals surface area contributed by atoms with Gasteiger partial charge in [0, 0.05) is 28.0 Å². The van der Waals surface area contributed by atoms with Crippen LogP contribution in [-0.2, 0) is 0 Å². The second kappa shape index (κ2) is 13.5. The first-order valence-corrected chi connectivity index (χ1v) is 19.7. The van der Waals surface area contributed by atoms with Crippen LogP contribution in [0, 0.1) is 0 Å². The van der Waals surface area contributed by atoms with Crippen molar-refractivity contribution < 1.29 is 9.15 Å². The van der Waals surface area contributed by atoms with Crippen LogP contribution in [0.2, 0.25) is 0 Å². The number of anilines is 3. The van der Waals surface area contributed by atoms with Gasteiger partial charge in [-0.05, 0) is 101 Å². The highest BCUT2D eigenvalue weighted by atomic mass is 16.5. The molecule has 3 atom stereocenters. The molecule has 4 nitrogen and oxygen atoms in total. The molecule has 0 N–H and O–H groups in total. The number of para-hydroxylation sites is 2. The molecule has 6 aromatic carbocycles. The lowest BCUT2D eigenvalue weighted by Crippen LogP contribution is -2.32. The van der Waals surface area contributed by atoms with Crippen LogP contribution >= 0.6 is 0 Å². The van der Waals surface area contributed by atoms with E-state index in [0.29, 0.717) is 0 Å². The normalized spacial score (nSPS) is 19.2. The van der Waals surface area contributed by atoms with Crippen molar-refractivity contribution in [3.05, 3.63) is 211 Å². The minimum absolute atomic E-state index is 0.0103. The molecular formula is C52H40N2O2. The minimum atomic E-state index is -0.197. The van der Waals surface area contributed by atoms with Crippen LogP contribution in [0.25, 0.3) is 38.8 Å². The zero-order valence-corrected chi connectivity index (χ0v) is 31.0. The SMILES string of the molecule is C1=CC(c2ccc(-c3ccc(N(c4ccc(-c5ccccc5)cc4)C4C=CC(N5c6c(oc7ccccc67)C6Oc7ccccc7C65)=CC4)cc3)cc2)=CCC1. The molecule has 0 saturated heterocycles. The zero-order valence-electron chi connectivity index (χ0n) is 31.0. The Morgan fingerprint density at radius 2 is 1.21 bits per heavy atom. The average Bonchev–Trinajstić information content (AvgIpc) is 3.94. The maximum absolute atomic E-state index is 6.60. The topological polar surface area (TPSA) is 28.9 Å². The molecule has 0 fully saturated rings. The smallest absolute Gasteiger partial charge is 0.183 e. The Labute approximate surface area is 327 Å². The summed E-state index contributed by atoms with van der Waals surface area (Å²) >= 11 is 0. The third-order valence-corrected chi connectivity index (χ3v) is 11.8. The summed E-state index contributed by atoms with van der Waals surface area (Å²) in [7, 11) is 0. The van der Waals surface area contributed by atoms with E-state index in [4.69, 9.17) is 9.15 Å². The van der Waals surface area contributed by atoms with Gasteiger partial charge in [-0.3, -0.25) is 0 Å². The quantitative estimate of drug-likeness (QED) is 0.164. The molecule has 0 radical (unpaired) electrons. The monoisotopic (exact) mass is 724 g/mol. The summed E-state index contributed by atoms with van der Waals surface area (Å²) in [6, 6.07) is 54.5. The Hall–Kier alpha value is -6.78. The van der Waals surface area contributed by atoms with Crippen LogP contribution in [0.1, 0.15) is 48.3 Å². The molecule has 270 valence electrons. The van der Waals surface area contributed by atoms with Crippen LogP contribution in [0.5, 0.6) is 5.75 Å². The Kier molecular flexibility index (Phi) is 7.87. The molecule has 0 saturated carbocycles. The van der Waals surface area contributed by atoms with E-state index in [2.05, 4.69) is 186 Å².